The molecule has 0 saturated carbocycles. The number of rotatable bonds is 4. The summed E-state index contributed by atoms with van der Waals surface area (Å²) in [6.07, 6.45) is -0.263. The molecule has 10 heteroatoms. The van der Waals surface area contributed by atoms with E-state index >= 15 is 0 Å². The lowest BCUT2D eigenvalue weighted by Crippen LogP contribution is -2.25. The van der Waals surface area contributed by atoms with Gasteiger partial charge in [0.2, 0.25) is 0 Å². The molecule has 0 atom stereocenters. The Morgan fingerprint density at radius 3 is 2.61 bits per heavy atom. The summed E-state index contributed by atoms with van der Waals surface area (Å²) in [5.41, 5.74) is -0.400. The zero-order chi connectivity index (χ0) is 17.6. The van der Waals surface area contributed by atoms with Gasteiger partial charge in [-0.1, -0.05) is 13.8 Å². The van der Waals surface area contributed by atoms with Gasteiger partial charge in [-0.2, -0.15) is 5.10 Å². The third-order valence-electron chi connectivity index (χ3n) is 2.56. The highest BCUT2D eigenvalue weighted by Crippen LogP contribution is 2.26. The molecule has 2 rings (SSSR count). The Bertz CT molecular complexity index is 666. The average molecular weight is 392 g/mol. The number of hydrogen-bond acceptors (Lipinski definition) is 5. The first-order chi connectivity index (χ1) is 10.9. The molecule has 2 aromatic rings. The van der Waals surface area contributed by atoms with E-state index in [0.29, 0.717) is 4.47 Å². The smallest absolute Gasteiger partial charge is 0.274 e. The van der Waals surface area contributed by atoms with E-state index in [0.717, 1.165) is 16.1 Å². The quantitative estimate of drug-likeness (QED) is 0.748. The highest BCUT2D eigenvalue weighted by Gasteiger charge is 2.21. The minimum absolute atomic E-state index is 0.0516. The molecule has 2 heterocycles. The van der Waals surface area contributed by atoms with Gasteiger partial charge < -0.3 is 0 Å². The fourth-order valence-electron chi connectivity index (χ4n) is 1.48. The first-order valence-corrected chi connectivity index (χ1v) is 7.41. The standard InChI is InChI=1S/C11H10BrF2N5O2.C2H6/c1-18(21-2)11(20)8-5-16-19(17-8)10-7(9(13)14)3-6(12)4-15-10;1-2/h3-5,9H,1-2H3;1-2H3. The minimum Gasteiger partial charge on any atom is -0.274 e. The number of carbonyl (C=O) groups excluding carboxylic acids is 1. The number of pyridine rings is 1. The van der Waals surface area contributed by atoms with Gasteiger partial charge in [0.15, 0.2) is 11.5 Å². The molecule has 0 bridgehead atoms. The normalized spacial score (nSPS) is 10.3. The zero-order valence-corrected chi connectivity index (χ0v) is 14.6. The maximum atomic E-state index is 13.0. The Morgan fingerprint density at radius 1 is 1.39 bits per heavy atom. The van der Waals surface area contributed by atoms with Crippen LogP contribution in [0.15, 0.2) is 22.9 Å². The van der Waals surface area contributed by atoms with Crippen LogP contribution in [0.1, 0.15) is 36.3 Å². The van der Waals surface area contributed by atoms with Crippen LogP contribution in [0.2, 0.25) is 0 Å². The van der Waals surface area contributed by atoms with Crippen molar-refractivity contribution in [2.75, 3.05) is 14.2 Å². The van der Waals surface area contributed by atoms with Gasteiger partial charge in [-0.05, 0) is 22.0 Å². The summed E-state index contributed by atoms with van der Waals surface area (Å²) < 4.78 is 26.4. The maximum Gasteiger partial charge on any atom is 0.299 e. The SMILES string of the molecule is CC.CON(C)C(=O)c1cnn(-c2ncc(Br)cc2C(F)F)n1. The van der Waals surface area contributed by atoms with Crippen LogP contribution in [-0.4, -0.2) is 45.1 Å². The first-order valence-electron chi connectivity index (χ1n) is 6.62. The van der Waals surface area contributed by atoms with Crippen LogP contribution >= 0.6 is 15.9 Å². The molecule has 0 unspecified atom stereocenters. The van der Waals surface area contributed by atoms with Gasteiger partial charge >= 0.3 is 0 Å². The molecule has 7 nitrogen and oxygen atoms in total. The maximum absolute atomic E-state index is 13.0. The van der Waals surface area contributed by atoms with E-state index in [9.17, 15) is 13.6 Å². The van der Waals surface area contributed by atoms with E-state index in [1.807, 2.05) is 13.8 Å². The van der Waals surface area contributed by atoms with Crippen LogP contribution in [-0.2, 0) is 4.84 Å². The Hall–Kier alpha value is -1.94. The third kappa shape index (κ3) is 4.52. The van der Waals surface area contributed by atoms with E-state index in [2.05, 4.69) is 31.1 Å². The van der Waals surface area contributed by atoms with Crippen LogP contribution in [0.3, 0.4) is 0 Å². The summed E-state index contributed by atoms with van der Waals surface area (Å²) in [5, 5.41) is 8.58. The summed E-state index contributed by atoms with van der Waals surface area (Å²) in [4.78, 5) is 21.3. The van der Waals surface area contributed by atoms with Gasteiger partial charge in [-0.25, -0.2) is 18.8 Å². The van der Waals surface area contributed by atoms with E-state index in [4.69, 9.17) is 4.84 Å². The fourth-order valence-corrected chi connectivity index (χ4v) is 1.83. The molecular formula is C13H16BrF2N5O2. The molecule has 0 saturated heterocycles. The molecule has 0 fully saturated rings. The Balaban J connectivity index is 0.00000127. The second-order valence-electron chi connectivity index (χ2n) is 3.87. The summed E-state index contributed by atoms with van der Waals surface area (Å²) in [5.74, 6) is -0.702. The Morgan fingerprint density at radius 2 is 2.04 bits per heavy atom. The second-order valence-corrected chi connectivity index (χ2v) is 4.79. The number of carbonyl (C=O) groups is 1. The molecule has 0 N–H and O–H groups in total. The van der Waals surface area contributed by atoms with E-state index in [-0.39, 0.29) is 17.1 Å². The lowest BCUT2D eigenvalue weighted by Gasteiger charge is -2.10. The van der Waals surface area contributed by atoms with Gasteiger partial charge in [0, 0.05) is 17.7 Å². The van der Waals surface area contributed by atoms with Crippen molar-refractivity contribution in [3.8, 4) is 5.82 Å². The van der Waals surface area contributed by atoms with Crippen molar-refractivity contribution >= 4 is 21.8 Å². The average Bonchev–Trinajstić information content (AvgIpc) is 3.04. The number of hydroxylamine groups is 2. The van der Waals surface area contributed by atoms with Crippen LogP contribution in [0.25, 0.3) is 5.82 Å². The highest BCUT2D eigenvalue weighted by molar-refractivity contribution is 9.10. The van der Waals surface area contributed by atoms with Crippen molar-refractivity contribution in [1.29, 1.82) is 0 Å². The van der Waals surface area contributed by atoms with E-state index in [1.165, 1.54) is 26.4 Å². The van der Waals surface area contributed by atoms with Gasteiger partial charge in [-0.3, -0.25) is 9.63 Å². The van der Waals surface area contributed by atoms with Crippen LogP contribution < -0.4 is 0 Å². The first kappa shape index (κ1) is 19.1. The molecule has 23 heavy (non-hydrogen) atoms. The topological polar surface area (TPSA) is 73.1 Å². The Kier molecular flexibility index (Phi) is 7.17. The summed E-state index contributed by atoms with van der Waals surface area (Å²) in [7, 11) is 2.71. The largest absolute Gasteiger partial charge is 0.299 e. The number of alkyl halides is 2. The molecule has 0 aromatic carbocycles. The Labute approximate surface area is 140 Å². The number of amides is 1. The van der Waals surface area contributed by atoms with E-state index < -0.39 is 12.3 Å². The van der Waals surface area contributed by atoms with Crippen molar-refractivity contribution < 1.29 is 18.4 Å². The summed E-state index contributed by atoms with van der Waals surface area (Å²) in [6, 6.07) is 1.22. The molecule has 0 aliphatic rings. The van der Waals surface area contributed by atoms with Crippen molar-refractivity contribution in [1.82, 2.24) is 25.0 Å². The van der Waals surface area contributed by atoms with Crippen LogP contribution in [0, 0.1) is 0 Å². The monoisotopic (exact) mass is 391 g/mol. The van der Waals surface area contributed by atoms with Gasteiger partial charge in [0.05, 0.1) is 18.9 Å². The van der Waals surface area contributed by atoms with Crippen LogP contribution in [0.4, 0.5) is 8.78 Å². The second kappa shape index (κ2) is 8.63. The predicted octanol–water partition coefficient (Wildman–Crippen LogP) is 3.02. The zero-order valence-electron chi connectivity index (χ0n) is 13.0. The van der Waals surface area contributed by atoms with Gasteiger partial charge in [-0.15, -0.1) is 9.90 Å². The molecule has 126 valence electrons. The fraction of sp³-hybridized carbons (Fsp3) is 0.385. The van der Waals surface area contributed by atoms with Gasteiger partial charge in [0.25, 0.3) is 12.3 Å². The molecule has 1 amide bonds. The number of halogens is 3. The summed E-state index contributed by atoms with van der Waals surface area (Å²) >= 11 is 3.07. The van der Waals surface area contributed by atoms with E-state index in [1.54, 1.807) is 0 Å². The molecule has 0 spiro atoms. The lowest BCUT2D eigenvalue weighted by atomic mass is 10.3. The minimum atomic E-state index is -2.75. The van der Waals surface area contributed by atoms with Gasteiger partial charge in [0.1, 0.15) is 0 Å². The van der Waals surface area contributed by atoms with Crippen molar-refractivity contribution in [2.45, 2.75) is 20.3 Å². The molecule has 0 radical (unpaired) electrons. The number of hydrogen-bond donors (Lipinski definition) is 0. The number of aromatic nitrogens is 4. The third-order valence-corrected chi connectivity index (χ3v) is 2.99. The molecule has 0 aliphatic heterocycles. The highest BCUT2D eigenvalue weighted by atomic mass is 79.9. The van der Waals surface area contributed by atoms with Crippen molar-refractivity contribution in [3.63, 3.8) is 0 Å². The predicted molar refractivity (Wildman–Crippen MR) is 82.3 cm³/mol. The molecule has 2 aromatic heterocycles. The molecule has 0 aliphatic carbocycles. The lowest BCUT2D eigenvalue weighted by molar-refractivity contribution is -0.0760. The molecular weight excluding hydrogens is 376 g/mol. The van der Waals surface area contributed by atoms with Crippen LogP contribution in [0.5, 0.6) is 0 Å². The van der Waals surface area contributed by atoms with Crippen molar-refractivity contribution in [3.05, 3.63) is 34.2 Å². The van der Waals surface area contributed by atoms with Crippen molar-refractivity contribution in [2.24, 2.45) is 0 Å². The number of nitrogens with zero attached hydrogens (tertiary/aromatic N) is 5. The summed E-state index contributed by atoms with van der Waals surface area (Å²) in [6.45, 7) is 4.00.